The van der Waals surface area contributed by atoms with Crippen molar-refractivity contribution in [2.24, 2.45) is 5.73 Å². The molecule has 5 heteroatoms. The summed E-state index contributed by atoms with van der Waals surface area (Å²) in [6.45, 7) is 0. The minimum atomic E-state index is -2.60. The van der Waals surface area contributed by atoms with Crippen molar-refractivity contribution in [2.75, 3.05) is 7.11 Å². The van der Waals surface area contributed by atoms with Gasteiger partial charge in [-0.05, 0) is 18.2 Å². The molecule has 0 amide bonds. The van der Waals surface area contributed by atoms with Gasteiger partial charge in [0.1, 0.15) is 5.75 Å². The molecular weight excluding hydrogens is 256 g/mol. The number of benzene rings is 1. The molecule has 0 aliphatic carbocycles. The van der Waals surface area contributed by atoms with Crippen molar-refractivity contribution in [1.29, 1.82) is 0 Å². The third-order valence-corrected chi connectivity index (χ3v) is 2.32. The molecule has 1 rings (SSSR count). The van der Waals surface area contributed by atoms with Crippen molar-refractivity contribution in [2.45, 2.75) is 12.5 Å². The summed E-state index contributed by atoms with van der Waals surface area (Å²) in [7, 11) is 1.42. The molecule has 0 fully saturated rings. The van der Waals surface area contributed by atoms with Crippen LogP contribution in [0.15, 0.2) is 22.7 Å². The zero-order valence-corrected chi connectivity index (χ0v) is 9.09. The maximum absolute atomic E-state index is 12.4. The Hall–Kier alpha value is -0.680. The number of nitrogens with two attached hydrogens (primary N) is 1. The second-order valence-electron chi connectivity index (χ2n) is 2.75. The van der Waals surface area contributed by atoms with E-state index in [-0.39, 0.29) is 0 Å². The van der Waals surface area contributed by atoms with Crippen molar-refractivity contribution in [3.8, 4) is 5.75 Å². The topological polar surface area (TPSA) is 35.2 Å². The second kappa shape index (κ2) is 4.70. The monoisotopic (exact) mass is 265 g/mol. The number of methoxy groups -OCH3 is 1. The third-order valence-electron chi connectivity index (χ3n) is 1.82. The van der Waals surface area contributed by atoms with Crippen molar-refractivity contribution < 1.29 is 13.5 Å². The first kappa shape index (κ1) is 11.4. The van der Waals surface area contributed by atoms with Crippen molar-refractivity contribution >= 4 is 15.9 Å². The molecule has 0 saturated heterocycles. The number of rotatable bonds is 3. The van der Waals surface area contributed by atoms with Gasteiger partial charge in [-0.1, -0.05) is 15.9 Å². The van der Waals surface area contributed by atoms with Crippen LogP contribution in [-0.2, 0) is 0 Å². The predicted molar refractivity (Wildman–Crippen MR) is 53.6 cm³/mol. The smallest absolute Gasteiger partial charge is 0.257 e. The molecule has 2 nitrogen and oxygen atoms in total. The highest BCUT2D eigenvalue weighted by Crippen LogP contribution is 2.30. The van der Waals surface area contributed by atoms with Gasteiger partial charge in [-0.15, -0.1) is 0 Å². The van der Waals surface area contributed by atoms with Crippen LogP contribution in [0.25, 0.3) is 0 Å². The summed E-state index contributed by atoms with van der Waals surface area (Å²) < 4.78 is 30.4. The lowest BCUT2D eigenvalue weighted by atomic mass is 10.1. The molecule has 78 valence electrons. The summed E-state index contributed by atoms with van der Waals surface area (Å²) in [5.74, 6) is 0.376. The highest BCUT2D eigenvalue weighted by Gasteiger charge is 2.21. The average Bonchev–Trinajstić information content (AvgIpc) is 2.16. The summed E-state index contributed by atoms with van der Waals surface area (Å²) in [6.07, 6.45) is -2.60. The van der Waals surface area contributed by atoms with Gasteiger partial charge >= 0.3 is 0 Å². The summed E-state index contributed by atoms with van der Waals surface area (Å²) in [5.41, 5.74) is 5.63. The third kappa shape index (κ3) is 2.42. The second-order valence-corrected chi connectivity index (χ2v) is 3.66. The van der Waals surface area contributed by atoms with E-state index in [0.29, 0.717) is 15.8 Å². The van der Waals surface area contributed by atoms with E-state index in [1.54, 1.807) is 12.1 Å². The summed E-state index contributed by atoms with van der Waals surface area (Å²) in [5, 5.41) is 0. The van der Waals surface area contributed by atoms with Gasteiger partial charge in [0.2, 0.25) is 0 Å². The van der Waals surface area contributed by atoms with E-state index >= 15 is 0 Å². The lowest BCUT2D eigenvalue weighted by molar-refractivity contribution is 0.115. The normalized spacial score (nSPS) is 13.0. The summed E-state index contributed by atoms with van der Waals surface area (Å²) >= 11 is 3.19. The highest BCUT2D eigenvalue weighted by atomic mass is 79.9. The number of hydrogen-bond donors (Lipinski definition) is 1. The minimum Gasteiger partial charge on any atom is -0.496 e. The van der Waals surface area contributed by atoms with Gasteiger partial charge in [0.05, 0.1) is 13.2 Å². The van der Waals surface area contributed by atoms with Crippen LogP contribution in [-0.4, -0.2) is 13.5 Å². The molecule has 14 heavy (non-hydrogen) atoms. The Morgan fingerprint density at radius 3 is 2.57 bits per heavy atom. The fraction of sp³-hybridized carbons (Fsp3) is 0.333. The van der Waals surface area contributed by atoms with Gasteiger partial charge < -0.3 is 10.5 Å². The molecule has 0 heterocycles. The zero-order chi connectivity index (χ0) is 10.7. The van der Waals surface area contributed by atoms with Gasteiger partial charge in [0.15, 0.2) is 0 Å². The Kier molecular flexibility index (Phi) is 3.83. The van der Waals surface area contributed by atoms with Crippen LogP contribution < -0.4 is 10.5 Å². The summed E-state index contributed by atoms with van der Waals surface area (Å²) in [6, 6.07) is 3.53. The Morgan fingerprint density at radius 1 is 1.43 bits per heavy atom. The predicted octanol–water partition coefficient (Wildman–Crippen LogP) is 2.72. The Labute approximate surface area is 89.2 Å². The Balaban J connectivity index is 3.10. The molecule has 0 unspecified atom stereocenters. The van der Waals surface area contributed by atoms with Crippen LogP contribution in [0.4, 0.5) is 8.78 Å². The van der Waals surface area contributed by atoms with E-state index in [1.807, 2.05) is 0 Å². The van der Waals surface area contributed by atoms with Crippen LogP contribution in [0, 0.1) is 0 Å². The number of alkyl halides is 2. The molecule has 1 aromatic carbocycles. The van der Waals surface area contributed by atoms with Gasteiger partial charge in [0, 0.05) is 10.0 Å². The molecule has 0 saturated carbocycles. The van der Waals surface area contributed by atoms with E-state index in [1.165, 1.54) is 13.2 Å². The van der Waals surface area contributed by atoms with Gasteiger partial charge in [-0.3, -0.25) is 0 Å². The fourth-order valence-electron chi connectivity index (χ4n) is 1.10. The molecule has 0 aromatic heterocycles. The van der Waals surface area contributed by atoms with Crippen LogP contribution in [0.1, 0.15) is 11.6 Å². The van der Waals surface area contributed by atoms with Crippen LogP contribution in [0.2, 0.25) is 0 Å². The lowest BCUT2D eigenvalue weighted by Crippen LogP contribution is -2.19. The van der Waals surface area contributed by atoms with E-state index in [4.69, 9.17) is 10.5 Å². The quantitative estimate of drug-likeness (QED) is 0.912. The Bertz CT molecular complexity index is 320. The largest absolute Gasteiger partial charge is 0.496 e. The molecular formula is C9H10BrF2NO. The maximum atomic E-state index is 12.4. The van der Waals surface area contributed by atoms with E-state index in [0.717, 1.165) is 0 Å². The molecule has 0 aliphatic heterocycles. The molecule has 2 N–H and O–H groups in total. The van der Waals surface area contributed by atoms with Gasteiger partial charge in [-0.2, -0.15) is 0 Å². The van der Waals surface area contributed by atoms with Crippen LogP contribution in [0.3, 0.4) is 0 Å². The summed E-state index contributed by atoms with van der Waals surface area (Å²) in [4.78, 5) is 0. The Morgan fingerprint density at radius 2 is 2.07 bits per heavy atom. The maximum Gasteiger partial charge on any atom is 0.257 e. The number of ether oxygens (including phenoxy) is 1. The van der Waals surface area contributed by atoms with Crippen LogP contribution in [0.5, 0.6) is 5.75 Å². The first-order valence-corrected chi connectivity index (χ1v) is 4.72. The number of hydrogen-bond acceptors (Lipinski definition) is 2. The standard InChI is InChI=1S/C9H10BrF2NO/c1-14-7-3-2-5(10)4-6(7)8(13)9(11)12/h2-4,8-9H,13H2,1H3/t8-/m0/s1. The molecule has 0 radical (unpaired) electrons. The molecule has 0 spiro atoms. The minimum absolute atomic E-state index is 0.303. The molecule has 0 bridgehead atoms. The van der Waals surface area contributed by atoms with Gasteiger partial charge in [0.25, 0.3) is 6.43 Å². The zero-order valence-electron chi connectivity index (χ0n) is 7.51. The van der Waals surface area contributed by atoms with Gasteiger partial charge in [-0.25, -0.2) is 8.78 Å². The average molecular weight is 266 g/mol. The molecule has 1 aromatic rings. The first-order chi connectivity index (χ1) is 6.56. The van der Waals surface area contributed by atoms with Crippen molar-refractivity contribution in [3.05, 3.63) is 28.2 Å². The van der Waals surface area contributed by atoms with E-state index in [2.05, 4.69) is 15.9 Å². The SMILES string of the molecule is COc1ccc(Br)cc1[C@H](N)C(F)F. The van der Waals surface area contributed by atoms with Crippen molar-refractivity contribution in [3.63, 3.8) is 0 Å². The molecule has 1 atom stereocenters. The highest BCUT2D eigenvalue weighted by molar-refractivity contribution is 9.10. The lowest BCUT2D eigenvalue weighted by Gasteiger charge is -2.14. The van der Waals surface area contributed by atoms with Crippen molar-refractivity contribution in [1.82, 2.24) is 0 Å². The number of halogens is 3. The van der Waals surface area contributed by atoms with E-state index in [9.17, 15) is 8.78 Å². The van der Waals surface area contributed by atoms with E-state index < -0.39 is 12.5 Å². The first-order valence-electron chi connectivity index (χ1n) is 3.93. The fourth-order valence-corrected chi connectivity index (χ4v) is 1.48. The van der Waals surface area contributed by atoms with Crippen LogP contribution >= 0.6 is 15.9 Å². The molecule has 0 aliphatic rings.